The number of nitrogens with one attached hydrogen (secondary N) is 1. The van der Waals surface area contributed by atoms with E-state index in [4.69, 9.17) is 0 Å². The summed E-state index contributed by atoms with van der Waals surface area (Å²) in [6.45, 7) is 5.25. The standard InChI is InChI=1S/C11H16N2O2S/c1-3-13(4-2)10(14)8-12-11(15)9-6-5-7-16-9/h5-7H,3-4,8H2,1-2H3,(H,12,15). The van der Waals surface area contributed by atoms with Crippen LogP contribution in [0, 0.1) is 0 Å². The molecule has 1 N–H and O–H groups in total. The second kappa shape index (κ2) is 6.27. The monoisotopic (exact) mass is 240 g/mol. The maximum absolute atomic E-state index is 11.6. The zero-order valence-electron chi connectivity index (χ0n) is 9.53. The highest BCUT2D eigenvalue weighted by Crippen LogP contribution is 2.07. The molecule has 1 heterocycles. The lowest BCUT2D eigenvalue weighted by Crippen LogP contribution is -2.39. The number of carbonyl (C=O) groups is 2. The predicted octanol–water partition coefficient (Wildman–Crippen LogP) is 1.35. The van der Waals surface area contributed by atoms with E-state index in [0.29, 0.717) is 18.0 Å². The summed E-state index contributed by atoms with van der Waals surface area (Å²) in [6, 6.07) is 3.55. The van der Waals surface area contributed by atoms with Gasteiger partial charge >= 0.3 is 0 Å². The molecule has 0 aromatic carbocycles. The van der Waals surface area contributed by atoms with Gasteiger partial charge in [-0.05, 0) is 25.3 Å². The van der Waals surface area contributed by atoms with E-state index in [0.717, 1.165) is 0 Å². The molecule has 0 atom stereocenters. The molecule has 0 saturated carbocycles. The molecule has 0 aliphatic carbocycles. The van der Waals surface area contributed by atoms with Crippen LogP contribution in [0.25, 0.3) is 0 Å². The van der Waals surface area contributed by atoms with Crippen molar-refractivity contribution in [3.8, 4) is 0 Å². The molecular formula is C11H16N2O2S. The van der Waals surface area contributed by atoms with Crippen LogP contribution in [0.4, 0.5) is 0 Å². The van der Waals surface area contributed by atoms with Crippen molar-refractivity contribution in [3.63, 3.8) is 0 Å². The first-order chi connectivity index (χ1) is 7.69. The molecule has 1 aromatic heterocycles. The zero-order valence-corrected chi connectivity index (χ0v) is 10.3. The lowest BCUT2D eigenvalue weighted by atomic mass is 10.4. The maximum Gasteiger partial charge on any atom is 0.261 e. The Hall–Kier alpha value is -1.36. The van der Waals surface area contributed by atoms with Crippen molar-refractivity contribution in [1.29, 1.82) is 0 Å². The number of carbonyl (C=O) groups excluding carboxylic acids is 2. The minimum Gasteiger partial charge on any atom is -0.342 e. The number of hydrogen-bond donors (Lipinski definition) is 1. The molecule has 0 spiro atoms. The summed E-state index contributed by atoms with van der Waals surface area (Å²) in [5.41, 5.74) is 0. The number of likely N-dealkylation sites (N-methyl/N-ethyl adjacent to an activating group) is 1. The quantitative estimate of drug-likeness (QED) is 0.844. The third-order valence-electron chi connectivity index (χ3n) is 2.26. The van der Waals surface area contributed by atoms with Crippen LogP contribution in [0.2, 0.25) is 0 Å². The van der Waals surface area contributed by atoms with Crippen molar-refractivity contribution >= 4 is 23.2 Å². The third kappa shape index (κ3) is 3.34. The largest absolute Gasteiger partial charge is 0.342 e. The van der Waals surface area contributed by atoms with Gasteiger partial charge in [0.1, 0.15) is 0 Å². The number of rotatable bonds is 5. The van der Waals surface area contributed by atoms with Crippen LogP contribution in [0.5, 0.6) is 0 Å². The van der Waals surface area contributed by atoms with E-state index in [-0.39, 0.29) is 18.4 Å². The highest BCUT2D eigenvalue weighted by molar-refractivity contribution is 7.12. The fourth-order valence-corrected chi connectivity index (χ4v) is 1.98. The summed E-state index contributed by atoms with van der Waals surface area (Å²) in [7, 11) is 0. The smallest absolute Gasteiger partial charge is 0.261 e. The summed E-state index contributed by atoms with van der Waals surface area (Å²) in [5, 5.41) is 4.45. The SMILES string of the molecule is CCN(CC)C(=O)CNC(=O)c1cccs1. The average Bonchev–Trinajstić information content (AvgIpc) is 2.81. The Balaban J connectivity index is 2.40. The lowest BCUT2D eigenvalue weighted by molar-refractivity contribution is -0.129. The first-order valence-electron chi connectivity index (χ1n) is 5.28. The molecule has 0 saturated heterocycles. The van der Waals surface area contributed by atoms with Crippen LogP contribution in [0.15, 0.2) is 17.5 Å². The molecule has 88 valence electrons. The lowest BCUT2D eigenvalue weighted by Gasteiger charge is -2.18. The second-order valence-electron chi connectivity index (χ2n) is 3.23. The molecule has 5 heteroatoms. The van der Waals surface area contributed by atoms with Gasteiger partial charge in [0.05, 0.1) is 11.4 Å². The summed E-state index contributed by atoms with van der Waals surface area (Å²) >= 11 is 1.37. The number of nitrogens with zero attached hydrogens (tertiary/aromatic N) is 1. The van der Waals surface area contributed by atoms with Crippen LogP contribution in [-0.4, -0.2) is 36.3 Å². The minimum atomic E-state index is -0.185. The Morgan fingerprint density at radius 1 is 1.38 bits per heavy atom. The van der Waals surface area contributed by atoms with Gasteiger partial charge in [-0.2, -0.15) is 0 Å². The summed E-state index contributed by atoms with van der Waals surface area (Å²) < 4.78 is 0. The van der Waals surface area contributed by atoms with Crippen LogP contribution in [0.3, 0.4) is 0 Å². The normalized spacial score (nSPS) is 9.88. The van der Waals surface area contributed by atoms with Crippen LogP contribution in [0.1, 0.15) is 23.5 Å². The van der Waals surface area contributed by atoms with E-state index < -0.39 is 0 Å². The number of amides is 2. The van der Waals surface area contributed by atoms with Gasteiger partial charge in [-0.15, -0.1) is 11.3 Å². The second-order valence-corrected chi connectivity index (χ2v) is 4.17. The van der Waals surface area contributed by atoms with Crippen molar-refractivity contribution in [1.82, 2.24) is 10.2 Å². The van der Waals surface area contributed by atoms with Gasteiger partial charge in [0, 0.05) is 13.1 Å². The van der Waals surface area contributed by atoms with E-state index in [1.807, 2.05) is 25.3 Å². The summed E-state index contributed by atoms with van der Waals surface area (Å²) in [6.07, 6.45) is 0. The molecule has 4 nitrogen and oxygen atoms in total. The Morgan fingerprint density at radius 2 is 2.06 bits per heavy atom. The fraction of sp³-hybridized carbons (Fsp3) is 0.455. The van der Waals surface area contributed by atoms with Crippen molar-refractivity contribution in [2.45, 2.75) is 13.8 Å². The van der Waals surface area contributed by atoms with Gasteiger partial charge in [0.15, 0.2) is 0 Å². The molecule has 0 bridgehead atoms. The summed E-state index contributed by atoms with van der Waals surface area (Å²) in [5.74, 6) is -0.231. The molecular weight excluding hydrogens is 224 g/mol. The highest BCUT2D eigenvalue weighted by atomic mass is 32.1. The van der Waals surface area contributed by atoms with Gasteiger partial charge in [-0.3, -0.25) is 9.59 Å². The molecule has 0 radical (unpaired) electrons. The van der Waals surface area contributed by atoms with Crippen LogP contribution in [-0.2, 0) is 4.79 Å². The summed E-state index contributed by atoms with van der Waals surface area (Å²) in [4.78, 5) is 25.5. The van der Waals surface area contributed by atoms with E-state index in [1.54, 1.807) is 11.0 Å². The zero-order chi connectivity index (χ0) is 12.0. The Bertz CT molecular complexity index is 345. The van der Waals surface area contributed by atoms with Crippen molar-refractivity contribution < 1.29 is 9.59 Å². The molecule has 0 aliphatic heterocycles. The number of thiophene rings is 1. The van der Waals surface area contributed by atoms with E-state index in [1.165, 1.54) is 11.3 Å². The van der Waals surface area contributed by atoms with Crippen molar-refractivity contribution in [3.05, 3.63) is 22.4 Å². The topological polar surface area (TPSA) is 49.4 Å². The van der Waals surface area contributed by atoms with Gasteiger partial charge in [0.2, 0.25) is 5.91 Å². The minimum absolute atomic E-state index is 0.0464. The Kier molecular flexibility index (Phi) is 4.98. The fourth-order valence-electron chi connectivity index (χ4n) is 1.34. The molecule has 0 unspecified atom stereocenters. The van der Waals surface area contributed by atoms with E-state index >= 15 is 0 Å². The van der Waals surface area contributed by atoms with E-state index in [9.17, 15) is 9.59 Å². The van der Waals surface area contributed by atoms with E-state index in [2.05, 4.69) is 5.32 Å². The molecule has 2 amide bonds. The Labute approximate surface area is 99.3 Å². The Morgan fingerprint density at radius 3 is 2.56 bits per heavy atom. The molecule has 16 heavy (non-hydrogen) atoms. The molecule has 0 aliphatic rings. The maximum atomic E-state index is 11.6. The van der Waals surface area contributed by atoms with Gasteiger partial charge < -0.3 is 10.2 Å². The third-order valence-corrected chi connectivity index (χ3v) is 3.13. The van der Waals surface area contributed by atoms with Gasteiger partial charge in [0.25, 0.3) is 5.91 Å². The molecule has 1 aromatic rings. The first kappa shape index (κ1) is 12.7. The van der Waals surface area contributed by atoms with Crippen molar-refractivity contribution in [2.75, 3.05) is 19.6 Å². The first-order valence-corrected chi connectivity index (χ1v) is 6.16. The van der Waals surface area contributed by atoms with Crippen LogP contribution < -0.4 is 5.32 Å². The number of hydrogen-bond acceptors (Lipinski definition) is 3. The van der Waals surface area contributed by atoms with Gasteiger partial charge in [-0.25, -0.2) is 0 Å². The average molecular weight is 240 g/mol. The highest BCUT2D eigenvalue weighted by Gasteiger charge is 2.12. The predicted molar refractivity (Wildman–Crippen MR) is 64.6 cm³/mol. The molecule has 0 fully saturated rings. The van der Waals surface area contributed by atoms with Crippen LogP contribution >= 0.6 is 11.3 Å². The molecule has 1 rings (SSSR count). The van der Waals surface area contributed by atoms with Gasteiger partial charge in [-0.1, -0.05) is 6.07 Å². The van der Waals surface area contributed by atoms with Crippen molar-refractivity contribution in [2.24, 2.45) is 0 Å².